The molecular formula is C30H34N2O7. The Kier molecular flexibility index (Phi) is 11.9. The number of benzene rings is 3. The van der Waals surface area contributed by atoms with Crippen molar-refractivity contribution in [1.82, 2.24) is 0 Å². The van der Waals surface area contributed by atoms with Crippen LogP contribution in [0.4, 0.5) is 11.4 Å². The van der Waals surface area contributed by atoms with Gasteiger partial charge in [0.1, 0.15) is 11.5 Å². The van der Waals surface area contributed by atoms with Crippen molar-refractivity contribution in [3.63, 3.8) is 0 Å². The third-order valence-corrected chi connectivity index (χ3v) is 5.60. The lowest BCUT2D eigenvalue weighted by molar-refractivity contribution is -0.0125. The highest BCUT2D eigenvalue weighted by Gasteiger charge is 2.15. The van der Waals surface area contributed by atoms with Crippen molar-refractivity contribution in [2.75, 3.05) is 34.2 Å². The first-order chi connectivity index (χ1) is 19.0. The molecule has 0 heterocycles. The van der Waals surface area contributed by atoms with Gasteiger partial charge in [-0.05, 0) is 87.2 Å². The zero-order valence-corrected chi connectivity index (χ0v) is 22.6. The van der Waals surface area contributed by atoms with Crippen molar-refractivity contribution in [3.8, 4) is 11.5 Å². The van der Waals surface area contributed by atoms with E-state index in [-0.39, 0.29) is 17.9 Å². The molecule has 206 valence electrons. The Morgan fingerprint density at radius 3 is 1.77 bits per heavy atom. The SMILES string of the molecule is COCOC(=O)c1cc(OCCCCCCOc2ccc(N=Nc3ccc(C)cc3)cc2)cc(C(=O)OC)c1. The molecule has 3 rings (SSSR count). The number of hydrogen-bond donors (Lipinski definition) is 0. The summed E-state index contributed by atoms with van der Waals surface area (Å²) in [5, 5.41) is 8.50. The maximum atomic E-state index is 12.2. The summed E-state index contributed by atoms with van der Waals surface area (Å²) in [4.78, 5) is 24.1. The fourth-order valence-electron chi connectivity index (χ4n) is 3.51. The van der Waals surface area contributed by atoms with Crippen LogP contribution in [0.25, 0.3) is 0 Å². The van der Waals surface area contributed by atoms with Gasteiger partial charge in [-0.3, -0.25) is 0 Å². The van der Waals surface area contributed by atoms with Gasteiger partial charge in [-0.2, -0.15) is 10.2 Å². The number of aryl methyl sites for hydroxylation is 1. The van der Waals surface area contributed by atoms with Crippen LogP contribution in [-0.2, 0) is 14.2 Å². The summed E-state index contributed by atoms with van der Waals surface area (Å²) in [6.45, 7) is 2.90. The molecule has 3 aromatic carbocycles. The van der Waals surface area contributed by atoms with Gasteiger partial charge in [0.2, 0.25) is 0 Å². The highest BCUT2D eigenvalue weighted by Crippen LogP contribution is 2.22. The third-order valence-electron chi connectivity index (χ3n) is 5.60. The Morgan fingerprint density at radius 2 is 1.21 bits per heavy atom. The van der Waals surface area contributed by atoms with Crippen molar-refractivity contribution >= 4 is 23.3 Å². The van der Waals surface area contributed by atoms with Crippen LogP contribution in [0.3, 0.4) is 0 Å². The molecule has 0 aliphatic carbocycles. The number of azo groups is 1. The van der Waals surface area contributed by atoms with Crippen LogP contribution in [0.15, 0.2) is 77.0 Å². The van der Waals surface area contributed by atoms with Gasteiger partial charge >= 0.3 is 11.9 Å². The summed E-state index contributed by atoms with van der Waals surface area (Å²) in [6, 6.07) is 19.9. The lowest BCUT2D eigenvalue weighted by atomic mass is 10.1. The molecule has 0 bridgehead atoms. The molecule has 0 aliphatic heterocycles. The molecular weight excluding hydrogens is 500 g/mol. The van der Waals surface area contributed by atoms with Gasteiger partial charge in [-0.15, -0.1) is 0 Å². The van der Waals surface area contributed by atoms with E-state index in [0.29, 0.717) is 19.0 Å². The van der Waals surface area contributed by atoms with E-state index >= 15 is 0 Å². The predicted octanol–water partition coefficient (Wildman–Crippen LogP) is 6.98. The first kappa shape index (κ1) is 29.3. The fraction of sp³-hybridized carbons (Fsp3) is 0.333. The van der Waals surface area contributed by atoms with E-state index in [1.165, 1.54) is 31.9 Å². The maximum Gasteiger partial charge on any atom is 0.340 e. The average molecular weight is 535 g/mol. The Labute approximate surface area is 228 Å². The van der Waals surface area contributed by atoms with Crippen LogP contribution >= 0.6 is 0 Å². The number of esters is 2. The number of methoxy groups -OCH3 is 2. The molecule has 0 saturated heterocycles. The minimum atomic E-state index is -0.617. The molecule has 0 unspecified atom stereocenters. The molecule has 0 radical (unpaired) electrons. The van der Waals surface area contributed by atoms with Crippen LogP contribution in [0.2, 0.25) is 0 Å². The van der Waals surface area contributed by atoms with E-state index in [4.69, 9.17) is 23.7 Å². The standard InChI is InChI=1S/C30H34N2O7/c1-22-8-10-25(11-9-22)31-32-26-12-14-27(15-13-26)37-16-6-4-5-7-17-38-28-19-23(29(33)36-3)18-24(20-28)30(34)39-21-35-2/h8-15,18-20H,4-7,16-17,21H2,1-3H3. The number of nitrogens with zero attached hydrogens (tertiary/aromatic N) is 2. The molecule has 9 nitrogen and oxygen atoms in total. The first-order valence-electron chi connectivity index (χ1n) is 12.7. The van der Waals surface area contributed by atoms with Gasteiger partial charge in [0.05, 0.1) is 42.8 Å². The molecule has 0 fully saturated rings. The molecule has 0 aliphatic rings. The molecule has 0 saturated carbocycles. The summed E-state index contributed by atoms with van der Waals surface area (Å²) in [5.41, 5.74) is 3.15. The van der Waals surface area contributed by atoms with Crippen molar-refractivity contribution < 1.29 is 33.3 Å². The number of rotatable bonds is 15. The summed E-state index contributed by atoms with van der Waals surface area (Å²) < 4.78 is 26.1. The largest absolute Gasteiger partial charge is 0.494 e. The van der Waals surface area contributed by atoms with Gasteiger partial charge < -0.3 is 23.7 Å². The van der Waals surface area contributed by atoms with E-state index < -0.39 is 11.9 Å². The maximum absolute atomic E-state index is 12.2. The Bertz CT molecular complexity index is 1230. The van der Waals surface area contributed by atoms with E-state index in [0.717, 1.165) is 42.8 Å². The minimum absolute atomic E-state index is 0.185. The normalized spacial score (nSPS) is 10.8. The first-order valence-corrected chi connectivity index (χ1v) is 12.7. The number of unbranched alkanes of at least 4 members (excludes halogenated alkanes) is 3. The number of carbonyl (C=O) groups excluding carboxylic acids is 2. The summed E-state index contributed by atoms with van der Waals surface area (Å²) in [7, 11) is 2.69. The summed E-state index contributed by atoms with van der Waals surface area (Å²) in [5.74, 6) is 0.00152. The number of hydrogen-bond acceptors (Lipinski definition) is 9. The van der Waals surface area contributed by atoms with Crippen LogP contribution < -0.4 is 9.47 Å². The molecule has 0 atom stereocenters. The second kappa shape index (κ2) is 15.9. The van der Waals surface area contributed by atoms with E-state index in [1.807, 2.05) is 55.5 Å². The Morgan fingerprint density at radius 1 is 0.667 bits per heavy atom. The molecule has 39 heavy (non-hydrogen) atoms. The highest BCUT2D eigenvalue weighted by atomic mass is 16.7. The lowest BCUT2D eigenvalue weighted by Gasteiger charge is -2.11. The quantitative estimate of drug-likeness (QED) is 0.0897. The molecule has 0 spiro atoms. The molecule has 9 heteroatoms. The molecule has 0 N–H and O–H groups in total. The van der Waals surface area contributed by atoms with Gasteiger partial charge in [-0.1, -0.05) is 17.7 Å². The fourth-order valence-corrected chi connectivity index (χ4v) is 3.51. The van der Waals surface area contributed by atoms with Crippen LogP contribution in [-0.4, -0.2) is 46.2 Å². The predicted molar refractivity (Wildman–Crippen MR) is 146 cm³/mol. The Hall–Kier alpha value is -4.24. The molecule has 3 aromatic rings. The lowest BCUT2D eigenvalue weighted by Crippen LogP contribution is -2.10. The average Bonchev–Trinajstić information content (AvgIpc) is 2.97. The second-order valence-electron chi connectivity index (χ2n) is 8.72. The van der Waals surface area contributed by atoms with Crippen molar-refractivity contribution in [1.29, 1.82) is 0 Å². The zero-order chi connectivity index (χ0) is 27.9. The summed E-state index contributed by atoms with van der Waals surface area (Å²) >= 11 is 0. The van der Waals surface area contributed by atoms with Gasteiger partial charge in [0, 0.05) is 7.11 Å². The van der Waals surface area contributed by atoms with Crippen LogP contribution in [0.1, 0.15) is 52.0 Å². The van der Waals surface area contributed by atoms with E-state index in [9.17, 15) is 9.59 Å². The van der Waals surface area contributed by atoms with Crippen molar-refractivity contribution in [2.24, 2.45) is 10.2 Å². The van der Waals surface area contributed by atoms with Crippen LogP contribution in [0.5, 0.6) is 11.5 Å². The summed E-state index contributed by atoms with van der Waals surface area (Å²) in [6.07, 6.45) is 3.64. The second-order valence-corrected chi connectivity index (χ2v) is 8.72. The highest BCUT2D eigenvalue weighted by molar-refractivity contribution is 5.96. The Balaban J connectivity index is 1.35. The van der Waals surface area contributed by atoms with Gasteiger partial charge in [0.15, 0.2) is 6.79 Å². The van der Waals surface area contributed by atoms with Crippen molar-refractivity contribution in [2.45, 2.75) is 32.6 Å². The molecule has 0 amide bonds. The number of ether oxygens (including phenoxy) is 5. The zero-order valence-electron chi connectivity index (χ0n) is 22.6. The van der Waals surface area contributed by atoms with Crippen LogP contribution in [0, 0.1) is 6.92 Å². The smallest absolute Gasteiger partial charge is 0.340 e. The number of carbonyl (C=O) groups is 2. The van der Waals surface area contributed by atoms with Crippen molar-refractivity contribution in [3.05, 3.63) is 83.4 Å². The van der Waals surface area contributed by atoms with Gasteiger partial charge in [0.25, 0.3) is 0 Å². The minimum Gasteiger partial charge on any atom is -0.494 e. The monoisotopic (exact) mass is 534 g/mol. The van der Waals surface area contributed by atoms with E-state index in [1.54, 1.807) is 6.07 Å². The topological polar surface area (TPSA) is 105 Å². The van der Waals surface area contributed by atoms with E-state index in [2.05, 4.69) is 10.2 Å². The van der Waals surface area contributed by atoms with Gasteiger partial charge in [-0.25, -0.2) is 9.59 Å². The third kappa shape index (κ3) is 10.2. The molecule has 0 aromatic heterocycles.